The van der Waals surface area contributed by atoms with Crippen LogP contribution in [-0.2, 0) is 31.9 Å². The molecule has 0 saturated heterocycles. The summed E-state index contributed by atoms with van der Waals surface area (Å²) in [5, 5.41) is 4.82. The number of aryl methyl sites for hydroxylation is 4. The normalized spacial score (nSPS) is 13.3. The predicted molar refractivity (Wildman–Crippen MR) is 188 cm³/mol. The molecule has 0 amide bonds. The largest absolute Gasteiger partial charge is 2.00 e. The van der Waals surface area contributed by atoms with Gasteiger partial charge in [0.15, 0.2) is 0 Å². The first-order valence-electron chi connectivity index (χ1n) is 16.2. The SMILES string of the molecule is Cc1cc(C)n(-c2[c-]c(C3(c4[c-]c(-c5cc(C(C)(C)C)ccn5)n5c(C)c(C)nc5c4)c4ccccc4-c4ccccc43)ccc2)n1.[Pt+2]. The molecule has 240 valence electrons. The van der Waals surface area contributed by atoms with Gasteiger partial charge in [-0.2, -0.15) is 29.4 Å². The van der Waals surface area contributed by atoms with Crippen LogP contribution < -0.4 is 0 Å². The van der Waals surface area contributed by atoms with E-state index >= 15 is 0 Å². The van der Waals surface area contributed by atoms with Crippen LogP contribution in [0.1, 0.15) is 71.4 Å². The van der Waals surface area contributed by atoms with E-state index in [0.717, 1.165) is 56.6 Å². The first kappa shape index (κ1) is 32.0. The molecule has 7 aromatic rings. The third kappa shape index (κ3) is 4.74. The number of rotatable bonds is 4. The van der Waals surface area contributed by atoms with Crippen LogP contribution in [0.15, 0.2) is 97.2 Å². The molecule has 5 nitrogen and oxygen atoms in total. The Bertz CT molecular complexity index is 2310. The van der Waals surface area contributed by atoms with Crippen molar-refractivity contribution < 1.29 is 21.1 Å². The molecule has 0 atom stereocenters. The molecule has 0 saturated carbocycles. The first-order chi connectivity index (χ1) is 22.6. The van der Waals surface area contributed by atoms with E-state index in [1.807, 2.05) is 17.8 Å². The Morgan fingerprint density at radius 1 is 0.729 bits per heavy atom. The fraction of sp³-hybridized carbons (Fsp3) is 0.214. The number of pyridine rings is 2. The molecular formula is C42H37N5Pt. The zero-order valence-corrected chi connectivity index (χ0v) is 30.6. The first-order valence-corrected chi connectivity index (χ1v) is 16.2. The van der Waals surface area contributed by atoms with E-state index in [2.05, 4.69) is 149 Å². The van der Waals surface area contributed by atoms with Crippen LogP contribution in [0, 0.1) is 39.8 Å². The molecule has 0 unspecified atom stereocenters. The fourth-order valence-corrected chi connectivity index (χ4v) is 7.40. The van der Waals surface area contributed by atoms with Crippen molar-refractivity contribution in [3.8, 4) is 28.2 Å². The van der Waals surface area contributed by atoms with Gasteiger partial charge in [-0.05, 0) is 84.6 Å². The minimum absolute atomic E-state index is 0. The van der Waals surface area contributed by atoms with Crippen LogP contribution in [0.2, 0.25) is 0 Å². The monoisotopic (exact) mass is 806 g/mol. The van der Waals surface area contributed by atoms with Crippen molar-refractivity contribution in [1.29, 1.82) is 0 Å². The second-order valence-electron chi connectivity index (χ2n) is 13.8. The molecule has 0 fully saturated rings. The van der Waals surface area contributed by atoms with Gasteiger partial charge >= 0.3 is 21.1 Å². The number of imidazole rings is 1. The third-order valence-electron chi connectivity index (χ3n) is 9.77. The van der Waals surface area contributed by atoms with Crippen molar-refractivity contribution in [2.45, 2.75) is 59.3 Å². The Balaban J connectivity index is 0.00000364. The van der Waals surface area contributed by atoms with Gasteiger partial charge in [0.2, 0.25) is 0 Å². The predicted octanol–water partition coefficient (Wildman–Crippen LogP) is 9.07. The molecule has 4 aromatic heterocycles. The van der Waals surface area contributed by atoms with Crippen molar-refractivity contribution in [2.75, 3.05) is 0 Å². The van der Waals surface area contributed by atoms with Gasteiger partial charge in [0.05, 0.1) is 17.0 Å². The van der Waals surface area contributed by atoms with Crippen LogP contribution in [0.4, 0.5) is 0 Å². The van der Waals surface area contributed by atoms with Crippen molar-refractivity contribution >= 4 is 5.65 Å². The molecule has 0 N–H and O–H groups in total. The molecular weight excluding hydrogens is 770 g/mol. The summed E-state index contributed by atoms with van der Waals surface area (Å²) >= 11 is 0. The summed E-state index contributed by atoms with van der Waals surface area (Å²) in [5.74, 6) is 0. The molecule has 48 heavy (non-hydrogen) atoms. The van der Waals surface area contributed by atoms with E-state index in [-0.39, 0.29) is 26.5 Å². The number of hydrogen-bond acceptors (Lipinski definition) is 3. The Kier molecular flexibility index (Phi) is 7.68. The van der Waals surface area contributed by atoms with Crippen LogP contribution in [-0.4, -0.2) is 24.1 Å². The fourth-order valence-electron chi connectivity index (χ4n) is 7.40. The maximum Gasteiger partial charge on any atom is 2.00 e. The zero-order valence-electron chi connectivity index (χ0n) is 28.3. The second-order valence-corrected chi connectivity index (χ2v) is 13.8. The Hall–Kier alpha value is -4.60. The summed E-state index contributed by atoms with van der Waals surface area (Å²) in [6.07, 6.45) is 1.92. The van der Waals surface area contributed by atoms with E-state index in [0.29, 0.717) is 0 Å². The molecule has 0 spiro atoms. The minimum atomic E-state index is -0.717. The van der Waals surface area contributed by atoms with Gasteiger partial charge in [-0.1, -0.05) is 80.9 Å². The van der Waals surface area contributed by atoms with Crippen LogP contribution in [0.5, 0.6) is 0 Å². The average molecular weight is 807 g/mol. The number of fused-ring (bicyclic) bond motifs is 4. The van der Waals surface area contributed by atoms with Crippen molar-refractivity contribution in [1.82, 2.24) is 24.1 Å². The van der Waals surface area contributed by atoms with Gasteiger partial charge in [0, 0.05) is 23.0 Å². The Morgan fingerprint density at radius 2 is 1.42 bits per heavy atom. The van der Waals surface area contributed by atoms with Gasteiger partial charge < -0.3 is 9.38 Å². The van der Waals surface area contributed by atoms with Gasteiger partial charge in [-0.15, -0.1) is 23.3 Å². The van der Waals surface area contributed by atoms with Crippen LogP contribution in [0.25, 0.3) is 33.8 Å². The molecule has 1 aliphatic carbocycles. The number of nitrogens with zero attached hydrogens (tertiary/aromatic N) is 5. The van der Waals surface area contributed by atoms with Gasteiger partial charge in [0.25, 0.3) is 0 Å². The molecule has 1 aliphatic rings. The summed E-state index contributed by atoms with van der Waals surface area (Å²) in [4.78, 5) is 10.1. The maximum atomic E-state index is 5.11. The van der Waals surface area contributed by atoms with Crippen molar-refractivity contribution in [2.24, 2.45) is 0 Å². The van der Waals surface area contributed by atoms with Crippen molar-refractivity contribution in [3.05, 3.63) is 160 Å². The van der Waals surface area contributed by atoms with Crippen LogP contribution in [0.3, 0.4) is 0 Å². The molecule has 0 aliphatic heterocycles. The number of aromatic nitrogens is 5. The topological polar surface area (TPSA) is 48.0 Å². The quantitative estimate of drug-likeness (QED) is 0.167. The summed E-state index contributed by atoms with van der Waals surface area (Å²) in [6.45, 7) is 15.0. The number of benzene rings is 3. The van der Waals surface area contributed by atoms with Gasteiger partial charge in [0.1, 0.15) is 0 Å². The third-order valence-corrected chi connectivity index (χ3v) is 9.77. The Morgan fingerprint density at radius 3 is 2.06 bits per heavy atom. The summed E-state index contributed by atoms with van der Waals surface area (Å²) in [7, 11) is 0. The molecule has 8 rings (SSSR count). The number of hydrogen-bond donors (Lipinski definition) is 0. The molecule has 0 radical (unpaired) electrons. The average Bonchev–Trinajstić information content (AvgIpc) is 3.68. The summed E-state index contributed by atoms with van der Waals surface area (Å²) < 4.78 is 4.20. The smallest absolute Gasteiger partial charge is 0.330 e. The van der Waals surface area contributed by atoms with E-state index in [1.165, 1.54) is 27.8 Å². The van der Waals surface area contributed by atoms with Gasteiger partial charge in [-0.3, -0.25) is 4.68 Å². The maximum absolute atomic E-state index is 5.11. The second kappa shape index (κ2) is 11.5. The molecule has 6 heteroatoms. The summed E-state index contributed by atoms with van der Waals surface area (Å²) in [6, 6.07) is 40.5. The van der Waals surface area contributed by atoms with E-state index < -0.39 is 5.41 Å². The van der Waals surface area contributed by atoms with E-state index in [9.17, 15) is 0 Å². The van der Waals surface area contributed by atoms with E-state index in [4.69, 9.17) is 15.1 Å². The standard InChI is InChI=1S/C42H37N5.Pt/c1-26-21-27(2)47(45-26)33-14-12-13-31(22-33)42(36-17-10-8-15-34(36)35-16-9-11-18-37(35)42)32-24-39(46-29(4)28(3)44-40(46)25-32)38-23-30(19-20-43-38)41(5,6)7;/h8-21,23,25H,1-7H3;/q-2;+2. The van der Waals surface area contributed by atoms with Crippen molar-refractivity contribution in [3.63, 3.8) is 0 Å². The molecule has 0 bridgehead atoms. The molecule has 3 aromatic carbocycles. The minimum Gasteiger partial charge on any atom is -0.330 e. The Labute approximate surface area is 297 Å². The van der Waals surface area contributed by atoms with E-state index in [1.54, 1.807) is 0 Å². The zero-order chi connectivity index (χ0) is 32.7. The van der Waals surface area contributed by atoms with Crippen LogP contribution >= 0.6 is 0 Å². The summed E-state index contributed by atoms with van der Waals surface area (Å²) in [5.41, 5.74) is 15.0. The molecule has 4 heterocycles. The van der Waals surface area contributed by atoms with Gasteiger partial charge in [-0.25, -0.2) is 4.98 Å².